The van der Waals surface area contributed by atoms with Gasteiger partial charge in [0.15, 0.2) is 5.82 Å². The van der Waals surface area contributed by atoms with E-state index in [-0.39, 0.29) is 0 Å². The monoisotopic (exact) mass is 469 g/mol. The quantitative estimate of drug-likeness (QED) is 0.242. The van der Waals surface area contributed by atoms with Crippen LogP contribution in [0.25, 0.3) is 32.9 Å². The first-order chi connectivity index (χ1) is 16.7. The van der Waals surface area contributed by atoms with E-state index >= 15 is 0 Å². The highest BCUT2D eigenvalue weighted by atomic mass is 32.1. The van der Waals surface area contributed by atoms with Gasteiger partial charge >= 0.3 is 0 Å². The first kappa shape index (κ1) is 22.2. The summed E-state index contributed by atoms with van der Waals surface area (Å²) in [5.74, 6) is 1.57. The van der Waals surface area contributed by atoms with Crippen LogP contribution in [-0.2, 0) is 12.8 Å². The number of fused-ring (bicyclic) bond motifs is 1. The number of hydrogen-bond acceptors (Lipinski definition) is 7. The minimum Gasteiger partial charge on any atom is -0.472 e. The van der Waals surface area contributed by atoms with Gasteiger partial charge in [-0.05, 0) is 43.9 Å². The molecular weight excluding hydrogens is 442 g/mol. The second kappa shape index (κ2) is 10.1. The fraction of sp³-hybridized carbons (Fsp3) is 0.259. The van der Waals surface area contributed by atoms with Crippen molar-refractivity contribution in [2.75, 3.05) is 11.9 Å². The smallest absolute Gasteiger partial charge is 0.166 e. The van der Waals surface area contributed by atoms with Crippen LogP contribution in [0.15, 0.2) is 65.7 Å². The van der Waals surface area contributed by atoms with Gasteiger partial charge in [-0.1, -0.05) is 37.6 Å². The third kappa shape index (κ3) is 4.99. The van der Waals surface area contributed by atoms with Crippen LogP contribution >= 0.6 is 11.3 Å². The lowest BCUT2D eigenvalue weighted by Gasteiger charge is -2.09. The maximum atomic E-state index is 5.22. The summed E-state index contributed by atoms with van der Waals surface area (Å²) in [6.07, 6.45) is 11.1. The van der Waals surface area contributed by atoms with Crippen molar-refractivity contribution < 1.29 is 4.42 Å². The number of hydrogen-bond donors (Lipinski definition) is 1. The van der Waals surface area contributed by atoms with Gasteiger partial charge < -0.3 is 9.73 Å². The van der Waals surface area contributed by atoms with Crippen LogP contribution in [0, 0.1) is 6.92 Å². The lowest BCUT2D eigenvalue weighted by atomic mass is 10.1. The molecule has 0 spiro atoms. The van der Waals surface area contributed by atoms with Crippen molar-refractivity contribution in [3.8, 4) is 22.6 Å². The molecule has 0 bridgehead atoms. The zero-order chi connectivity index (χ0) is 23.3. The van der Waals surface area contributed by atoms with Crippen LogP contribution in [0.1, 0.15) is 35.9 Å². The lowest BCUT2D eigenvalue weighted by molar-refractivity contribution is 0.568. The standard InChI is InChI=1S/C27H27N5OS/c1-3-5-22-15-30-24(16-29-22)20-9-7-19(8-10-20)6-4-12-28-26-23-14-18(2)34-27(23)32-25(31-26)21-11-13-33-17-21/h7-11,13-17H,3-6,12H2,1-2H3,(H,28,31,32). The highest BCUT2D eigenvalue weighted by Crippen LogP contribution is 2.31. The van der Waals surface area contributed by atoms with Crippen LogP contribution in [0.2, 0.25) is 0 Å². The number of anilines is 1. The molecule has 4 aromatic heterocycles. The van der Waals surface area contributed by atoms with E-state index in [1.165, 1.54) is 10.4 Å². The second-order valence-corrected chi connectivity index (χ2v) is 9.59. The highest BCUT2D eigenvalue weighted by molar-refractivity contribution is 7.18. The topological polar surface area (TPSA) is 76.7 Å². The molecule has 0 fully saturated rings. The van der Waals surface area contributed by atoms with Crippen LogP contribution in [0.5, 0.6) is 0 Å². The van der Waals surface area contributed by atoms with E-state index in [9.17, 15) is 0 Å². The Morgan fingerprint density at radius 2 is 1.85 bits per heavy atom. The predicted octanol–water partition coefficient (Wildman–Crippen LogP) is 6.71. The molecule has 0 atom stereocenters. The maximum Gasteiger partial charge on any atom is 0.166 e. The molecule has 0 saturated carbocycles. The van der Waals surface area contributed by atoms with Gasteiger partial charge in [0, 0.05) is 23.2 Å². The molecule has 5 rings (SSSR count). The lowest BCUT2D eigenvalue weighted by Crippen LogP contribution is -2.06. The number of nitrogens with one attached hydrogen (secondary N) is 1. The summed E-state index contributed by atoms with van der Waals surface area (Å²) < 4.78 is 5.22. The molecule has 0 aliphatic heterocycles. The van der Waals surface area contributed by atoms with Crippen molar-refractivity contribution in [3.63, 3.8) is 0 Å². The number of benzene rings is 1. The minimum absolute atomic E-state index is 0.687. The molecule has 0 aliphatic carbocycles. The van der Waals surface area contributed by atoms with Crippen molar-refractivity contribution in [2.24, 2.45) is 0 Å². The largest absolute Gasteiger partial charge is 0.472 e. The van der Waals surface area contributed by atoms with E-state index in [1.54, 1.807) is 23.9 Å². The Bertz CT molecular complexity index is 1360. The molecule has 5 aromatic rings. The Balaban J connectivity index is 1.21. The van der Waals surface area contributed by atoms with E-state index in [0.717, 1.165) is 70.8 Å². The number of aromatic nitrogens is 4. The van der Waals surface area contributed by atoms with E-state index in [1.807, 2.05) is 18.5 Å². The first-order valence-corrected chi connectivity index (χ1v) is 12.5. The molecule has 7 heteroatoms. The van der Waals surface area contributed by atoms with Crippen molar-refractivity contribution in [3.05, 3.63) is 77.5 Å². The van der Waals surface area contributed by atoms with Gasteiger partial charge in [-0.2, -0.15) is 0 Å². The van der Waals surface area contributed by atoms with Crippen molar-refractivity contribution in [2.45, 2.75) is 39.5 Å². The van der Waals surface area contributed by atoms with Gasteiger partial charge in [0.05, 0.1) is 34.8 Å². The Kier molecular flexibility index (Phi) is 6.62. The van der Waals surface area contributed by atoms with Gasteiger partial charge in [0.1, 0.15) is 16.9 Å². The maximum absolute atomic E-state index is 5.22. The summed E-state index contributed by atoms with van der Waals surface area (Å²) in [4.78, 5) is 20.8. The Hall–Kier alpha value is -3.58. The molecule has 0 radical (unpaired) electrons. The zero-order valence-corrected chi connectivity index (χ0v) is 20.2. The molecule has 0 aliphatic rings. The molecule has 0 unspecified atom stereocenters. The fourth-order valence-electron chi connectivity index (χ4n) is 3.93. The number of furan rings is 1. The molecule has 34 heavy (non-hydrogen) atoms. The van der Waals surface area contributed by atoms with E-state index in [4.69, 9.17) is 14.4 Å². The normalized spacial score (nSPS) is 11.2. The number of rotatable bonds is 9. The molecule has 0 amide bonds. The Morgan fingerprint density at radius 3 is 2.59 bits per heavy atom. The summed E-state index contributed by atoms with van der Waals surface area (Å²) in [6.45, 7) is 5.08. The molecule has 0 saturated heterocycles. The third-order valence-electron chi connectivity index (χ3n) is 5.69. The zero-order valence-electron chi connectivity index (χ0n) is 19.4. The van der Waals surface area contributed by atoms with Crippen LogP contribution < -0.4 is 5.32 Å². The summed E-state index contributed by atoms with van der Waals surface area (Å²) in [5.41, 5.74) is 5.26. The van der Waals surface area contributed by atoms with Crippen LogP contribution in [0.3, 0.4) is 0 Å². The number of nitrogens with zero attached hydrogens (tertiary/aromatic N) is 4. The van der Waals surface area contributed by atoms with Gasteiger partial charge in [0.2, 0.25) is 0 Å². The van der Waals surface area contributed by atoms with Crippen molar-refractivity contribution in [1.29, 1.82) is 0 Å². The number of aryl methyl sites for hydroxylation is 3. The molecule has 6 nitrogen and oxygen atoms in total. The minimum atomic E-state index is 0.687. The van der Waals surface area contributed by atoms with Gasteiger partial charge in [0.25, 0.3) is 0 Å². The second-order valence-electron chi connectivity index (χ2n) is 8.35. The molecule has 4 heterocycles. The van der Waals surface area contributed by atoms with Crippen molar-refractivity contribution in [1.82, 2.24) is 19.9 Å². The van der Waals surface area contributed by atoms with E-state index in [0.29, 0.717) is 5.82 Å². The van der Waals surface area contributed by atoms with Crippen LogP contribution in [-0.4, -0.2) is 26.5 Å². The van der Waals surface area contributed by atoms with Gasteiger partial charge in [-0.3, -0.25) is 9.97 Å². The summed E-state index contributed by atoms with van der Waals surface area (Å²) >= 11 is 1.69. The van der Waals surface area contributed by atoms with Crippen LogP contribution in [0.4, 0.5) is 5.82 Å². The van der Waals surface area contributed by atoms with E-state index < -0.39 is 0 Å². The fourth-order valence-corrected chi connectivity index (χ4v) is 4.81. The van der Waals surface area contributed by atoms with Gasteiger partial charge in [-0.15, -0.1) is 11.3 Å². The summed E-state index contributed by atoms with van der Waals surface area (Å²) in [6, 6.07) is 12.7. The molecule has 1 N–H and O–H groups in total. The Labute approximate surface area is 203 Å². The average molecular weight is 470 g/mol. The Morgan fingerprint density at radius 1 is 0.971 bits per heavy atom. The molecule has 172 valence electrons. The third-order valence-corrected chi connectivity index (χ3v) is 6.64. The van der Waals surface area contributed by atoms with E-state index in [2.05, 4.69) is 59.5 Å². The van der Waals surface area contributed by atoms with Gasteiger partial charge in [-0.25, -0.2) is 9.97 Å². The number of thiophene rings is 1. The predicted molar refractivity (Wildman–Crippen MR) is 138 cm³/mol. The summed E-state index contributed by atoms with van der Waals surface area (Å²) in [7, 11) is 0. The molecular formula is C27H27N5OS. The van der Waals surface area contributed by atoms with Crippen molar-refractivity contribution >= 4 is 27.4 Å². The summed E-state index contributed by atoms with van der Waals surface area (Å²) in [5, 5.41) is 4.61. The molecule has 1 aromatic carbocycles. The highest BCUT2D eigenvalue weighted by Gasteiger charge is 2.12. The SMILES string of the molecule is CCCc1cnc(-c2ccc(CCCNc3nc(-c4ccoc4)nc4sc(C)cc34)cc2)cn1. The first-order valence-electron chi connectivity index (χ1n) is 11.6. The average Bonchev–Trinajstić information content (AvgIpc) is 3.52.